The Hall–Kier alpha value is -1.64. The molecule has 0 bridgehead atoms. The van der Waals surface area contributed by atoms with Crippen LogP contribution in [0.15, 0.2) is 27.9 Å². The maximum absolute atomic E-state index is 13.5. The quantitative estimate of drug-likeness (QED) is 0.576. The number of hydrogen-bond acceptors (Lipinski definition) is 5. The third-order valence-corrected chi connectivity index (χ3v) is 4.47. The van der Waals surface area contributed by atoms with Crippen molar-refractivity contribution < 1.29 is 23.8 Å². The molecular formula is C14H13BrClFN2O4. The first-order valence-electron chi connectivity index (χ1n) is 6.52. The lowest BCUT2D eigenvalue weighted by molar-refractivity contribution is -0.136. The highest BCUT2D eigenvalue weighted by Gasteiger charge is 2.34. The molecule has 0 unspecified atom stereocenters. The van der Waals surface area contributed by atoms with Gasteiger partial charge in [0.25, 0.3) is 5.91 Å². The summed E-state index contributed by atoms with van der Waals surface area (Å²) in [6.45, 7) is -0.201. The van der Waals surface area contributed by atoms with Gasteiger partial charge in [-0.1, -0.05) is 11.6 Å². The summed E-state index contributed by atoms with van der Waals surface area (Å²) >= 11 is 9.18. The van der Waals surface area contributed by atoms with Crippen LogP contribution in [0.2, 0.25) is 5.02 Å². The zero-order valence-electron chi connectivity index (χ0n) is 12.0. The van der Waals surface area contributed by atoms with Gasteiger partial charge in [-0.3, -0.25) is 4.79 Å². The number of aliphatic hydroxyl groups excluding tert-OH is 1. The number of methoxy groups -OCH3 is 1. The zero-order valence-corrected chi connectivity index (χ0v) is 14.4. The Bertz CT molecular complexity index is 696. The number of anilines is 1. The van der Waals surface area contributed by atoms with E-state index in [0.717, 1.165) is 6.07 Å². The molecule has 1 heterocycles. The Morgan fingerprint density at radius 2 is 2.26 bits per heavy atom. The Morgan fingerprint density at radius 3 is 2.87 bits per heavy atom. The van der Waals surface area contributed by atoms with Gasteiger partial charge in [-0.25, -0.2) is 9.18 Å². The number of carbonyl (C=O) groups excluding carboxylic acids is 2. The van der Waals surface area contributed by atoms with Gasteiger partial charge in [0, 0.05) is 11.0 Å². The topological polar surface area (TPSA) is 78.9 Å². The van der Waals surface area contributed by atoms with Crippen LogP contribution in [0, 0.1) is 5.82 Å². The summed E-state index contributed by atoms with van der Waals surface area (Å²) in [4.78, 5) is 25.5. The smallest absolute Gasteiger partial charge is 0.337 e. The number of nitrogens with one attached hydrogen (secondary N) is 1. The molecule has 23 heavy (non-hydrogen) atoms. The van der Waals surface area contributed by atoms with E-state index in [1.54, 1.807) is 0 Å². The Morgan fingerprint density at radius 1 is 1.57 bits per heavy atom. The lowest BCUT2D eigenvalue weighted by Crippen LogP contribution is -2.31. The summed E-state index contributed by atoms with van der Waals surface area (Å²) in [6, 6.07) is 2.29. The monoisotopic (exact) mass is 406 g/mol. The molecule has 0 radical (unpaired) electrons. The molecule has 1 aromatic carbocycles. The maximum Gasteiger partial charge on any atom is 0.337 e. The molecular weight excluding hydrogens is 395 g/mol. The van der Waals surface area contributed by atoms with Crippen molar-refractivity contribution in [3.05, 3.63) is 38.7 Å². The third kappa shape index (κ3) is 3.65. The molecule has 2 rings (SSSR count). The van der Waals surface area contributed by atoms with Crippen molar-refractivity contribution in [3.63, 3.8) is 0 Å². The number of rotatable bonds is 5. The zero-order chi connectivity index (χ0) is 17.1. The Labute approximate surface area is 145 Å². The predicted octanol–water partition coefficient (Wildman–Crippen LogP) is 1.92. The molecule has 0 saturated carbocycles. The van der Waals surface area contributed by atoms with E-state index >= 15 is 0 Å². The second kappa shape index (κ2) is 7.29. The first-order valence-corrected chi connectivity index (χ1v) is 7.69. The van der Waals surface area contributed by atoms with Gasteiger partial charge < -0.3 is 20.1 Å². The van der Waals surface area contributed by atoms with Gasteiger partial charge in [0.05, 0.1) is 36.5 Å². The van der Waals surface area contributed by atoms with Crippen molar-refractivity contribution in [1.82, 2.24) is 4.90 Å². The van der Waals surface area contributed by atoms with E-state index in [2.05, 4.69) is 26.0 Å². The molecule has 0 aromatic heterocycles. The highest BCUT2D eigenvalue weighted by atomic mass is 79.9. The fraction of sp³-hybridized carbons (Fsp3) is 0.286. The number of carbonyl (C=O) groups is 2. The lowest BCUT2D eigenvalue weighted by atomic mass is 10.2. The number of ether oxygens (including phenoxy) is 1. The summed E-state index contributed by atoms with van der Waals surface area (Å²) in [6.07, 6.45) is 0. The minimum Gasteiger partial charge on any atom is -0.466 e. The highest BCUT2D eigenvalue weighted by Crippen LogP contribution is 2.33. The predicted molar refractivity (Wildman–Crippen MR) is 85.4 cm³/mol. The van der Waals surface area contributed by atoms with E-state index in [9.17, 15) is 14.0 Å². The molecule has 2 N–H and O–H groups in total. The van der Waals surface area contributed by atoms with Gasteiger partial charge in [-0.15, -0.1) is 0 Å². The largest absolute Gasteiger partial charge is 0.466 e. The number of β-amino-alcohol motifs (C(OH)–C–C–N with tert-alkyl or cyclic N) is 1. The molecule has 124 valence electrons. The molecule has 1 aliphatic heterocycles. The number of nitrogens with zero attached hydrogens (tertiary/aromatic N) is 1. The lowest BCUT2D eigenvalue weighted by Gasteiger charge is -2.15. The standard InChI is InChI=1S/C14H13BrClFN2O4/c1-23-14(22)8-6-19(2-3-20)13(21)12(8)18-10-5-7(17)4-9(15)11(10)16/h4-5,18,20H,2-3,6H2,1H3. The van der Waals surface area contributed by atoms with Crippen LogP contribution in [0.5, 0.6) is 0 Å². The molecule has 1 amide bonds. The summed E-state index contributed by atoms with van der Waals surface area (Å²) in [5, 5.41) is 11.9. The minimum absolute atomic E-state index is 0.0114. The molecule has 0 fully saturated rings. The van der Waals surface area contributed by atoms with Gasteiger partial charge in [0.2, 0.25) is 0 Å². The first kappa shape index (κ1) is 17.7. The number of esters is 1. The van der Waals surface area contributed by atoms with Gasteiger partial charge >= 0.3 is 5.97 Å². The molecule has 6 nitrogen and oxygen atoms in total. The summed E-state index contributed by atoms with van der Waals surface area (Å²) in [7, 11) is 1.19. The van der Waals surface area contributed by atoms with Crippen LogP contribution in [0.1, 0.15) is 0 Å². The average molecular weight is 408 g/mol. The maximum atomic E-state index is 13.5. The highest BCUT2D eigenvalue weighted by molar-refractivity contribution is 9.10. The number of aliphatic hydroxyl groups is 1. The van der Waals surface area contributed by atoms with Gasteiger partial charge in [0.15, 0.2) is 0 Å². The van der Waals surface area contributed by atoms with E-state index in [4.69, 9.17) is 16.7 Å². The number of hydrogen-bond donors (Lipinski definition) is 2. The number of amides is 1. The molecule has 9 heteroatoms. The fourth-order valence-corrected chi connectivity index (χ4v) is 2.72. The van der Waals surface area contributed by atoms with Gasteiger partial charge in [-0.05, 0) is 28.1 Å². The molecule has 1 aliphatic rings. The fourth-order valence-electron chi connectivity index (χ4n) is 2.13. The molecule has 0 saturated heterocycles. The van der Waals surface area contributed by atoms with E-state index in [1.165, 1.54) is 18.1 Å². The minimum atomic E-state index is -0.687. The first-order chi connectivity index (χ1) is 10.9. The van der Waals surface area contributed by atoms with Crippen LogP contribution in [-0.2, 0) is 14.3 Å². The Balaban J connectivity index is 2.41. The summed E-state index contributed by atoms with van der Waals surface area (Å²) < 4.78 is 18.5. The van der Waals surface area contributed by atoms with Crippen molar-refractivity contribution in [2.75, 3.05) is 32.1 Å². The van der Waals surface area contributed by atoms with Gasteiger partial charge in [0.1, 0.15) is 11.5 Å². The van der Waals surface area contributed by atoms with Crippen LogP contribution in [-0.4, -0.2) is 48.7 Å². The number of benzene rings is 1. The molecule has 0 atom stereocenters. The van der Waals surface area contributed by atoms with Gasteiger partial charge in [-0.2, -0.15) is 0 Å². The van der Waals surface area contributed by atoms with E-state index in [0.29, 0.717) is 4.47 Å². The number of halogens is 3. The van der Waals surface area contributed by atoms with E-state index in [1.807, 2.05) is 0 Å². The SMILES string of the molecule is COC(=O)C1=C(Nc2cc(F)cc(Br)c2Cl)C(=O)N(CCO)C1. The van der Waals surface area contributed by atoms with Crippen molar-refractivity contribution in [1.29, 1.82) is 0 Å². The van der Waals surface area contributed by atoms with E-state index < -0.39 is 17.7 Å². The molecule has 0 aliphatic carbocycles. The summed E-state index contributed by atoms with van der Waals surface area (Å²) in [5.41, 5.74) is 0.168. The summed E-state index contributed by atoms with van der Waals surface area (Å²) in [5.74, 6) is -1.76. The van der Waals surface area contributed by atoms with Crippen molar-refractivity contribution in [2.24, 2.45) is 0 Å². The van der Waals surface area contributed by atoms with Crippen molar-refractivity contribution >= 4 is 45.1 Å². The second-order valence-corrected chi connectivity index (χ2v) is 5.90. The van der Waals surface area contributed by atoms with Crippen LogP contribution < -0.4 is 5.32 Å². The van der Waals surface area contributed by atoms with Crippen molar-refractivity contribution in [2.45, 2.75) is 0 Å². The normalized spacial score (nSPS) is 14.5. The molecule has 0 spiro atoms. The Kier molecular flexibility index (Phi) is 5.61. The van der Waals surface area contributed by atoms with Crippen LogP contribution in [0.4, 0.5) is 10.1 Å². The van der Waals surface area contributed by atoms with E-state index in [-0.39, 0.29) is 41.7 Å². The third-order valence-electron chi connectivity index (χ3n) is 3.21. The average Bonchev–Trinajstić information content (AvgIpc) is 2.81. The van der Waals surface area contributed by atoms with Crippen molar-refractivity contribution in [3.8, 4) is 0 Å². The van der Waals surface area contributed by atoms with Crippen LogP contribution in [0.25, 0.3) is 0 Å². The van der Waals surface area contributed by atoms with Crippen LogP contribution >= 0.6 is 27.5 Å². The van der Waals surface area contributed by atoms with Crippen LogP contribution in [0.3, 0.4) is 0 Å². The second-order valence-electron chi connectivity index (χ2n) is 4.67. The molecule has 1 aromatic rings.